The zero-order valence-electron chi connectivity index (χ0n) is 17.0. The molecule has 4 nitrogen and oxygen atoms in total. The summed E-state index contributed by atoms with van der Waals surface area (Å²) in [6, 6.07) is 5.71. The van der Waals surface area contributed by atoms with Gasteiger partial charge in [-0.3, -0.25) is 4.79 Å². The number of nitrogens with zero attached hydrogens (tertiary/aromatic N) is 1. The van der Waals surface area contributed by atoms with E-state index in [9.17, 15) is 13.6 Å². The van der Waals surface area contributed by atoms with E-state index in [0.29, 0.717) is 18.1 Å². The lowest BCUT2D eigenvalue weighted by molar-refractivity contribution is -0.160. The number of carbonyl (C=O) groups is 1. The maximum atomic E-state index is 13.5. The first-order valence-electron chi connectivity index (χ1n) is 11.1. The zero-order chi connectivity index (χ0) is 20.9. The first-order chi connectivity index (χ1) is 14.4. The van der Waals surface area contributed by atoms with E-state index in [4.69, 9.17) is 21.1 Å². The van der Waals surface area contributed by atoms with Crippen molar-refractivity contribution in [2.24, 2.45) is 11.8 Å². The van der Waals surface area contributed by atoms with Gasteiger partial charge in [0.05, 0.1) is 6.10 Å². The first-order valence-corrected chi connectivity index (χ1v) is 11.5. The summed E-state index contributed by atoms with van der Waals surface area (Å²) in [5, 5.41) is 0.680. The minimum absolute atomic E-state index is 0.0240. The van der Waals surface area contributed by atoms with Gasteiger partial charge in [0.2, 0.25) is 11.8 Å². The standard InChI is InChI=1S/C23H28ClF2NO3/c24-16-3-4-19-17(14-16)20-18(2-1-13-29-20)22(30-19)9-11-27(12-10-22)21(28)15-5-7-23(25,26)8-6-15/h3-4,14-15,18,20H,1-2,5-13H2/t18-,20+/m0/s1. The van der Waals surface area contributed by atoms with Gasteiger partial charge in [-0.1, -0.05) is 11.6 Å². The molecule has 3 heterocycles. The highest BCUT2D eigenvalue weighted by Gasteiger charge is 2.53. The normalized spacial score (nSPS) is 30.3. The van der Waals surface area contributed by atoms with Crippen molar-refractivity contribution in [1.82, 2.24) is 4.90 Å². The van der Waals surface area contributed by atoms with Crippen LogP contribution in [0.2, 0.25) is 5.02 Å². The highest BCUT2D eigenvalue weighted by molar-refractivity contribution is 6.30. The van der Waals surface area contributed by atoms with Crippen LogP contribution in [0.25, 0.3) is 0 Å². The van der Waals surface area contributed by atoms with Crippen LogP contribution < -0.4 is 4.74 Å². The Morgan fingerprint density at radius 2 is 1.83 bits per heavy atom. The van der Waals surface area contributed by atoms with Crippen LogP contribution >= 0.6 is 11.6 Å². The molecule has 1 aliphatic carbocycles. The molecule has 2 atom stereocenters. The van der Waals surface area contributed by atoms with Gasteiger partial charge in [0.1, 0.15) is 11.4 Å². The van der Waals surface area contributed by atoms with Gasteiger partial charge in [-0.05, 0) is 43.9 Å². The predicted molar refractivity (Wildman–Crippen MR) is 109 cm³/mol. The molecule has 0 aromatic heterocycles. The van der Waals surface area contributed by atoms with Crippen molar-refractivity contribution in [3.05, 3.63) is 28.8 Å². The second-order valence-electron chi connectivity index (χ2n) is 9.34. The van der Waals surface area contributed by atoms with Crippen LogP contribution in [-0.2, 0) is 9.53 Å². The topological polar surface area (TPSA) is 38.8 Å². The SMILES string of the molecule is O=C(C1CCC(F)(F)CC1)N1CCC2(CC1)Oc1ccc(Cl)cc1[C@H]1OCCC[C@@H]12. The van der Waals surface area contributed by atoms with E-state index in [1.54, 1.807) is 0 Å². The quantitative estimate of drug-likeness (QED) is 0.589. The number of piperidine rings is 1. The molecule has 1 aromatic rings. The maximum Gasteiger partial charge on any atom is 0.248 e. The lowest BCUT2D eigenvalue weighted by atomic mass is 9.69. The molecule has 0 bridgehead atoms. The highest BCUT2D eigenvalue weighted by atomic mass is 35.5. The Kier molecular flexibility index (Phi) is 5.21. The van der Waals surface area contributed by atoms with Crippen molar-refractivity contribution in [1.29, 1.82) is 0 Å². The molecule has 0 unspecified atom stereocenters. The fraction of sp³-hybridized carbons (Fsp3) is 0.696. The van der Waals surface area contributed by atoms with E-state index < -0.39 is 5.92 Å². The second-order valence-corrected chi connectivity index (χ2v) is 9.78. The van der Waals surface area contributed by atoms with Crippen molar-refractivity contribution in [2.45, 2.75) is 69.0 Å². The molecule has 7 heteroatoms. The van der Waals surface area contributed by atoms with Gasteiger partial charge in [0, 0.05) is 67.8 Å². The number of benzene rings is 1. The van der Waals surface area contributed by atoms with Crippen molar-refractivity contribution >= 4 is 17.5 Å². The molecule has 1 spiro atoms. The number of ether oxygens (including phenoxy) is 2. The Morgan fingerprint density at radius 1 is 1.10 bits per heavy atom. The lowest BCUT2D eigenvalue weighted by Gasteiger charge is -2.53. The van der Waals surface area contributed by atoms with Crippen LogP contribution in [0.3, 0.4) is 0 Å². The summed E-state index contributed by atoms with van der Waals surface area (Å²) in [6.07, 6.45) is 3.72. The third-order valence-electron chi connectivity index (χ3n) is 7.58. The fourth-order valence-corrected chi connectivity index (χ4v) is 6.06. The second kappa shape index (κ2) is 7.63. The fourth-order valence-electron chi connectivity index (χ4n) is 5.88. The minimum atomic E-state index is -2.61. The number of alkyl halides is 2. The number of likely N-dealkylation sites (tertiary alicyclic amines) is 1. The maximum absolute atomic E-state index is 13.5. The summed E-state index contributed by atoms with van der Waals surface area (Å²) in [6.45, 7) is 1.95. The molecule has 1 amide bonds. The Hall–Kier alpha value is -1.40. The number of halogens is 3. The number of fused-ring (bicyclic) bond motifs is 4. The van der Waals surface area contributed by atoms with Gasteiger partial charge in [0.25, 0.3) is 0 Å². The monoisotopic (exact) mass is 439 g/mol. The van der Waals surface area contributed by atoms with Crippen LogP contribution in [0.15, 0.2) is 18.2 Å². The van der Waals surface area contributed by atoms with E-state index in [2.05, 4.69) is 0 Å². The van der Waals surface area contributed by atoms with Crippen LogP contribution in [0, 0.1) is 11.8 Å². The van der Waals surface area contributed by atoms with Crippen LogP contribution in [-0.4, -0.2) is 42.0 Å². The highest BCUT2D eigenvalue weighted by Crippen LogP contribution is 2.53. The minimum Gasteiger partial charge on any atom is -0.486 e. The van der Waals surface area contributed by atoms with Gasteiger partial charge >= 0.3 is 0 Å². The molecular formula is C23H28ClF2NO3. The van der Waals surface area contributed by atoms with E-state index in [1.165, 1.54) is 0 Å². The van der Waals surface area contributed by atoms with E-state index >= 15 is 0 Å². The average Bonchev–Trinajstić information content (AvgIpc) is 2.75. The van der Waals surface area contributed by atoms with Crippen LogP contribution in [0.1, 0.15) is 63.0 Å². The molecule has 1 aromatic carbocycles. The molecular weight excluding hydrogens is 412 g/mol. The van der Waals surface area contributed by atoms with Gasteiger partial charge < -0.3 is 14.4 Å². The van der Waals surface area contributed by atoms with Crippen molar-refractivity contribution in [2.75, 3.05) is 19.7 Å². The Morgan fingerprint density at radius 3 is 2.57 bits per heavy atom. The van der Waals surface area contributed by atoms with Crippen molar-refractivity contribution < 1.29 is 23.0 Å². The summed E-state index contributed by atoms with van der Waals surface area (Å²) in [5.74, 6) is -1.76. The molecule has 164 valence electrons. The smallest absolute Gasteiger partial charge is 0.248 e. The summed E-state index contributed by atoms with van der Waals surface area (Å²) < 4.78 is 39.7. The van der Waals surface area contributed by atoms with E-state index in [0.717, 1.165) is 43.6 Å². The van der Waals surface area contributed by atoms with Gasteiger partial charge in [-0.25, -0.2) is 8.78 Å². The Labute approximate surface area is 180 Å². The number of hydrogen-bond donors (Lipinski definition) is 0. The Balaban J connectivity index is 1.31. The molecule has 4 aliphatic rings. The summed E-state index contributed by atoms with van der Waals surface area (Å²) in [4.78, 5) is 14.8. The van der Waals surface area contributed by atoms with Gasteiger partial charge in [-0.2, -0.15) is 0 Å². The molecule has 0 N–H and O–H groups in total. The third kappa shape index (κ3) is 3.60. The molecule has 3 aliphatic heterocycles. The number of carbonyl (C=O) groups excluding carboxylic acids is 1. The zero-order valence-corrected chi connectivity index (χ0v) is 17.8. The first kappa shape index (κ1) is 20.5. The van der Waals surface area contributed by atoms with Gasteiger partial charge in [0.15, 0.2) is 0 Å². The molecule has 0 radical (unpaired) electrons. The largest absolute Gasteiger partial charge is 0.486 e. The predicted octanol–water partition coefficient (Wildman–Crippen LogP) is 5.39. The van der Waals surface area contributed by atoms with Crippen molar-refractivity contribution in [3.8, 4) is 5.75 Å². The lowest BCUT2D eigenvalue weighted by Crippen LogP contribution is -2.58. The molecule has 1 saturated carbocycles. The van der Waals surface area contributed by atoms with Crippen LogP contribution in [0.5, 0.6) is 5.75 Å². The molecule has 30 heavy (non-hydrogen) atoms. The number of rotatable bonds is 1. The molecule has 3 fully saturated rings. The van der Waals surface area contributed by atoms with E-state index in [-0.39, 0.29) is 55.1 Å². The average molecular weight is 440 g/mol. The van der Waals surface area contributed by atoms with Crippen LogP contribution in [0.4, 0.5) is 8.78 Å². The molecule has 2 saturated heterocycles. The number of amides is 1. The Bertz CT molecular complexity index is 815. The summed E-state index contributed by atoms with van der Waals surface area (Å²) >= 11 is 6.23. The van der Waals surface area contributed by atoms with Crippen molar-refractivity contribution in [3.63, 3.8) is 0 Å². The number of hydrogen-bond acceptors (Lipinski definition) is 3. The third-order valence-corrected chi connectivity index (χ3v) is 7.81. The summed E-state index contributed by atoms with van der Waals surface area (Å²) in [5.41, 5.74) is 0.682. The van der Waals surface area contributed by atoms with Gasteiger partial charge in [-0.15, -0.1) is 0 Å². The summed E-state index contributed by atoms with van der Waals surface area (Å²) in [7, 11) is 0. The molecule has 5 rings (SSSR count). The van der Waals surface area contributed by atoms with E-state index in [1.807, 2.05) is 23.1 Å².